The number of ether oxygens (including phenoxy) is 1. The van der Waals surface area contributed by atoms with Gasteiger partial charge >= 0.3 is 0 Å². The third-order valence-electron chi connectivity index (χ3n) is 5.74. The summed E-state index contributed by atoms with van der Waals surface area (Å²) < 4.78 is 5.93. The molecule has 146 valence electrons. The van der Waals surface area contributed by atoms with E-state index in [1.165, 1.54) is 36.0 Å². The van der Waals surface area contributed by atoms with Gasteiger partial charge in [0.2, 0.25) is 0 Å². The number of nitrogens with zero attached hydrogens (tertiary/aromatic N) is 1. The molecule has 1 aliphatic rings. The number of β-amino-alcohol motifs (C(OH)–C–C–N with tert-alkyl or cyclic N) is 1. The van der Waals surface area contributed by atoms with Crippen LogP contribution in [0.15, 0.2) is 42.5 Å². The molecule has 3 heteroatoms. The normalized spacial score (nSPS) is 17.0. The van der Waals surface area contributed by atoms with Gasteiger partial charge in [-0.25, -0.2) is 0 Å². The fraction of sp³-hybridized carbons (Fsp3) is 0.500. The molecule has 3 nitrogen and oxygen atoms in total. The summed E-state index contributed by atoms with van der Waals surface area (Å²) in [5.74, 6) is 1.66. The lowest BCUT2D eigenvalue weighted by molar-refractivity contribution is 0.0548. The fourth-order valence-electron chi connectivity index (χ4n) is 4.01. The Morgan fingerprint density at radius 2 is 1.78 bits per heavy atom. The molecule has 1 N–H and O–H groups in total. The van der Waals surface area contributed by atoms with Crippen LogP contribution in [0, 0.1) is 26.7 Å². The first-order valence-electron chi connectivity index (χ1n) is 10.2. The van der Waals surface area contributed by atoms with Gasteiger partial charge in [0.1, 0.15) is 18.5 Å². The molecule has 0 amide bonds. The van der Waals surface area contributed by atoms with Crippen LogP contribution in [0.2, 0.25) is 0 Å². The van der Waals surface area contributed by atoms with Crippen molar-refractivity contribution < 1.29 is 9.84 Å². The van der Waals surface area contributed by atoms with Crippen molar-refractivity contribution in [3.05, 3.63) is 64.7 Å². The van der Waals surface area contributed by atoms with Crippen LogP contribution in [0.25, 0.3) is 0 Å². The van der Waals surface area contributed by atoms with Gasteiger partial charge in [0, 0.05) is 6.54 Å². The molecule has 0 aliphatic carbocycles. The van der Waals surface area contributed by atoms with Crippen LogP contribution in [0.4, 0.5) is 0 Å². The Kier molecular flexibility index (Phi) is 6.92. The lowest BCUT2D eigenvalue weighted by Gasteiger charge is -2.33. The molecule has 1 aliphatic heterocycles. The van der Waals surface area contributed by atoms with Gasteiger partial charge in [0.25, 0.3) is 0 Å². The zero-order valence-corrected chi connectivity index (χ0v) is 16.9. The lowest BCUT2D eigenvalue weighted by atomic mass is 9.90. The van der Waals surface area contributed by atoms with Crippen molar-refractivity contribution in [2.75, 3.05) is 26.2 Å². The summed E-state index contributed by atoms with van der Waals surface area (Å²) in [4.78, 5) is 2.38. The van der Waals surface area contributed by atoms with Crippen LogP contribution in [-0.2, 0) is 6.42 Å². The summed E-state index contributed by atoms with van der Waals surface area (Å²) in [7, 11) is 0. The highest BCUT2D eigenvalue weighted by Gasteiger charge is 2.21. The average molecular weight is 368 g/mol. The highest BCUT2D eigenvalue weighted by Crippen LogP contribution is 2.24. The quantitative estimate of drug-likeness (QED) is 0.792. The van der Waals surface area contributed by atoms with Crippen LogP contribution >= 0.6 is 0 Å². The summed E-state index contributed by atoms with van der Waals surface area (Å²) in [6, 6.07) is 15.0. The fourth-order valence-corrected chi connectivity index (χ4v) is 4.01. The Hall–Kier alpha value is -1.84. The summed E-state index contributed by atoms with van der Waals surface area (Å²) in [5, 5.41) is 10.4. The first-order chi connectivity index (χ1) is 13.0. The van der Waals surface area contributed by atoms with Crippen LogP contribution in [0.5, 0.6) is 5.75 Å². The molecule has 0 radical (unpaired) electrons. The van der Waals surface area contributed by atoms with E-state index in [1.807, 2.05) is 0 Å². The molecule has 1 atom stereocenters. The summed E-state index contributed by atoms with van der Waals surface area (Å²) in [6.07, 6.45) is 3.14. The van der Waals surface area contributed by atoms with E-state index in [2.05, 4.69) is 68.1 Å². The van der Waals surface area contributed by atoms with E-state index >= 15 is 0 Å². The molecule has 0 aromatic heterocycles. The molecular weight excluding hydrogens is 334 g/mol. The van der Waals surface area contributed by atoms with Crippen molar-refractivity contribution in [1.29, 1.82) is 0 Å². The number of benzene rings is 2. The first kappa shape index (κ1) is 19.9. The molecule has 1 unspecified atom stereocenters. The Morgan fingerprint density at radius 1 is 1.07 bits per heavy atom. The average Bonchev–Trinajstić information content (AvgIpc) is 2.66. The second kappa shape index (κ2) is 9.38. The minimum Gasteiger partial charge on any atom is -0.491 e. The van der Waals surface area contributed by atoms with Gasteiger partial charge < -0.3 is 14.7 Å². The van der Waals surface area contributed by atoms with Crippen LogP contribution < -0.4 is 4.74 Å². The molecule has 1 heterocycles. The van der Waals surface area contributed by atoms with E-state index in [-0.39, 0.29) is 0 Å². The number of hydrogen-bond acceptors (Lipinski definition) is 3. The van der Waals surface area contributed by atoms with Crippen LogP contribution in [0.1, 0.15) is 35.1 Å². The molecule has 3 rings (SSSR count). The molecule has 0 saturated carbocycles. The number of aryl methyl sites for hydroxylation is 2. The second-order valence-corrected chi connectivity index (χ2v) is 8.10. The molecule has 0 bridgehead atoms. The Balaban J connectivity index is 1.41. The molecule has 1 fully saturated rings. The van der Waals surface area contributed by atoms with Gasteiger partial charge in [-0.2, -0.15) is 0 Å². The standard InChI is InChI=1S/C24H33NO2/c1-18-13-19(2)20(3)24(14-18)27-17-23(26)16-25-11-9-22(10-12-25)15-21-7-5-4-6-8-21/h4-8,13-14,22-23,26H,9-12,15-17H2,1-3H3. The number of likely N-dealkylation sites (tertiary alicyclic amines) is 1. The molecule has 0 spiro atoms. The molecule has 2 aromatic carbocycles. The van der Waals surface area contributed by atoms with Gasteiger partial charge in [0.15, 0.2) is 0 Å². The number of piperidine rings is 1. The van der Waals surface area contributed by atoms with E-state index in [1.54, 1.807) is 0 Å². The van der Waals surface area contributed by atoms with Crippen molar-refractivity contribution in [3.63, 3.8) is 0 Å². The van der Waals surface area contributed by atoms with E-state index in [0.717, 1.165) is 30.3 Å². The highest BCUT2D eigenvalue weighted by atomic mass is 16.5. The molecular formula is C24H33NO2. The maximum Gasteiger partial charge on any atom is 0.122 e. The minimum absolute atomic E-state index is 0.355. The van der Waals surface area contributed by atoms with Gasteiger partial charge in [0.05, 0.1) is 0 Å². The predicted octanol–water partition coefficient (Wildman–Crippen LogP) is 4.31. The Bertz CT molecular complexity index is 721. The van der Waals surface area contributed by atoms with Crippen molar-refractivity contribution in [1.82, 2.24) is 4.90 Å². The Morgan fingerprint density at radius 3 is 2.48 bits per heavy atom. The third kappa shape index (κ3) is 5.82. The van der Waals surface area contributed by atoms with Crippen molar-refractivity contribution in [2.24, 2.45) is 5.92 Å². The summed E-state index contributed by atoms with van der Waals surface area (Å²) >= 11 is 0. The van der Waals surface area contributed by atoms with E-state index in [9.17, 15) is 5.11 Å². The zero-order valence-electron chi connectivity index (χ0n) is 16.9. The lowest BCUT2D eigenvalue weighted by Crippen LogP contribution is -2.41. The first-order valence-corrected chi connectivity index (χ1v) is 10.2. The Labute approximate surface area is 164 Å². The predicted molar refractivity (Wildman–Crippen MR) is 111 cm³/mol. The molecule has 27 heavy (non-hydrogen) atoms. The monoisotopic (exact) mass is 367 g/mol. The minimum atomic E-state index is -0.448. The molecule has 2 aromatic rings. The van der Waals surface area contributed by atoms with E-state index < -0.39 is 6.10 Å². The maximum atomic E-state index is 10.4. The number of rotatable bonds is 7. The van der Waals surface area contributed by atoms with E-state index in [0.29, 0.717) is 13.2 Å². The zero-order chi connectivity index (χ0) is 19.2. The van der Waals surface area contributed by atoms with Gasteiger partial charge in [-0.3, -0.25) is 0 Å². The smallest absolute Gasteiger partial charge is 0.122 e. The third-order valence-corrected chi connectivity index (χ3v) is 5.74. The van der Waals surface area contributed by atoms with E-state index in [4.69, 9.17) is 4.74 Å². The second-order valence-electron chi connectivity index (χ2n) is 8.10. The topological polar surface area (TPSA) is 32.7 Å². The summed E-state index contributed by atoms with van der Waals surface area (Å²) in [5.41, 5.74) is 5.03. The molecule has 1 saturated heterocycles. The SMILES string of the molecule is Cc1cc(C)c(C)c(OCC(O)CN2CCC(Cc3ccccc3)CC2)c1. The maximum absolute atomic E-state index is 10.4. The number of aliphatic hydroxyl groups excluding tert-OH is 1. The largest absolute Gasteiger partial charge is 0.491 e. The summed E-state index contributed by atoms with van der Waals surface area (Å²) in [6.45, 7) is 9.44. The number of hydrogen-bond donors (Lipinski definition) is 1. The van der Waals surface area contributed by atoms with Crippen molar-refractivity contribution in [2.45, 2.75) is 46.1 Å². The highest BCUT2D eigenvalue weighted by molar-refractivity contribution is 5.41. The van der Waals surface area contributed by atoms with Crippen molar-refractivity contribution in [3.8, 4) is 5.75 Å². The van der Waals surface area contributed by atoms with Crippen LogP contribution in [-0.4, -0.2) is 42.4 Å². The van der Waals surface area contributed by atoms with Gasteiger partial charge in [-0.15, -0.1) is 0 Å². The van der Waals surface area contributed by atoms with Gasteiger partial charge in [-0.05, 0) is 87.4 Å². The van der Waals surface area contributed by atoms with Gasteiger partial charge in [-0.1, -0.05) is 36.4 Å². The number of aliphatic hydroxyl groups is 1. The van der Waals surface area contributed by atoms with Crippen LogP contribution in [0.3, 0.4) is 0 Å². The van der Waals surface area contributed by atoms with Crippen molar-refractivity contribution >= 4 is 0 Å².